The molecule has 4 nitrogen and oxygen atoms in total. The molecule has 7 heteroatoms. The van der Waals surface area contributed by atoms with Crippen molar-refractivity contribution < 1.29 is 8.42 Å². The Morgan fingerprint density at radius 3 is 2.67 bits per heavy atom. The summed E-state index contributed by atoms with van der Waals surface area (Å²) in [5.41, 5.74) is 6.04. The molecular formula is C11H12N2O2S3. The summed E-state index contributed by atoms with van der Waals surface area (Å²) in [6.45, 7) is 0. The number of rotatable bonds is 4. The minimum Gasteiger partial charge on any atom is -0.398 e. The molecule has 18 heavy (non-hydrogen) atoms. The largest absolute Gasteiger partial charge is 0.398 e. The van der Waals surface area contributed by atoms with E-state index in [1.54, 1.807) is 35.2 Å². The molecule has 0 aliphatic rings. The van der Waals surface area contributed by atoms with Crippen LogP contribution in [0.2, 0.25) is 0 Å². The van der Waals surface area contributed by atoms with Crippen molar-refractivity contribution >= 4 is 38.8 Å². The quantitative estimate of drug-likeness (QED) is 0.850. The fraction of sp³-hybridized carbons (Fsp3) is 0.0909. The van der Waals surface area contributed by atoms with Crippen LogP contribution in [0.1, 0.15) is 0 Å². The Kier molecular flexibility index (Phi) is 3.96. The molecule has 0 saturated heterocycles. The predicted octanol–water partition coefficient (Wildman–Crippen LogP) is 2.39. The average Bonchev–Trinajstić information content (AvgIpc) is 2.81. The van der Waals surface area contributed by atoms with Gasteiger partial charge in [-0.25, -0.2) is 13.1 Å². The number of nitrogens with two attached hydrogens (primary N) is 1. The van der Waals surface area contributed by atoms with Crippen molar-refractivity contribution in [2.45, 2.75) is 14.0 Å². The van der Waals surface area contributed by atoms with Crippen LogP contribution in [0.3, 0.4) is 0 Å². The van der Waals surface area contributed by atoms with E-state index in [-0.39, 0.29) is 10.6 Å². The lowest BCUT2D eigenvalue weighted by Gasteiger charge is -2.07. The Hall–Kier alpha value is -1.02. The van der Waals surface area contributed by atoms with Gasteiger partial charge in [0, 0.05) is 4.90 Å². The van der Waals surface area contributed by atoms with Crippen LogP contribution in [-0.2, 0) is 10.0 Å². The third kappa shape index (κ3) is 2.86. The summed E-state index contributed by atoms with van der Waals surface area (Å²) in [6.07, 6.45) is 0. The molecule has 0 bridgehead atoms. The predicted molar refractivity (Wildman–Crippen MR) is 75.5 cm³/mol. The molecular weight excluding hydrogens is 288 g/mol. The molecule has 0 fully saturated rings. The Bertz CT molecular complexity index is 636. The second kappa shape index (κ2) is 5.31. The third-order valence-electron chi connectivity index (χ3n) is 2.25. The maximum atomic E-state index is 11.7. The van der Waals surface area contributed by atoms with Gasteiger partial charge in [-0.15, -0.1) is 11.3 Å². The zero-order valence-corrected chi connectivity index (χ0v) is 12.0. The van der Waals surface area contributed by atoms with E-state index in [2.05, 4.69) is 4.72 Å². The summed E-state index contributed by atoms with van der Waals surface area (Å²) >= 11 is 3.19. The molecule has 0 aliphatic carbocycles. The van der Waals surface area contributed by atoms with E-state index >= 15 is 0 Å². The molecule has 0 aliphatic heterocycles. The van der Waals surface area contributed by atoms with E-state index in [1.165, 1.54) is 13.1 Å². The van der Waals surface area contributed by atoms with E-state index in [1.807, 2.05) is 17.5 Å². The fourth-order valence-electron chi connectivity index (χ4n) is 1.38. The van der Waals surface area contributed by atoms with Crippen molar-refractivity contribution in [3.63, 3.8) is 0 Å². The summed E-state index contributed by atoms with van der Waals surface area (Å²) in [4.78, 5) is 1.03. The number of hydrogen-bond donors (Lipinski definition) is 2. The Balaban J connectivity index is 2.31. The first-order valence-corrected chi connectivity index (χ1v) is 8.25. The molecule has 2 rings (SSSR count). The van der Waals surface area contributed by atoms with Crippen molar-refractivity contribution in [2.24, 2.45) is 0 Å². The number of anilines is 1. The van der Waals surface area contributed by atoms with Gasteiger partial charge in [0.1, 0.15) is 4.90 Å². The Morgan fingerprint density at radius 2 is 2.11 bits per heavy atom. The average molecular weight is 300 g/mol. The molecule has 96 valence electrons. The van der Waals surface area contributed by atoms with Gasteiger partial charge >= 0.3 is 0 Å². The van der Waals surface area contributed by atoms with Gasteiger partial charge < -0.3 is 5.73 Å². The number of benzene rings is 1. The standard InChI is InChI=1S/C11H12N2O2S3/c1-13-18(14,15)10-5-4-8(7-9(10)12)17-11-3-2-6-16-11/h2-7,13H,12H2,1H3. The maximum Gasteiger partial charge on any atom is 0.242 e. The molecule has 0 amide bonds. The van der Waals surface area contributed by atoms with E-state index in [4.69, 9.17) is 5.73 Å². The number of hydrogen-bond acceptors (Lipinski definition) is 5. The van der Waals surface area contributed by atoms with Crippen molar-refractivity contribution in [3.05, 3.63) is 35.7 Å². The minimum absolute atomic E-state index is 0.112. The third-order valence-corrected chi connectivity index (χ3v) is 5.77. The molecule has 1 aromatic heterocycles. The SMILES string of the molecule is CNS(=O)(=O)c1ccc(Sc2cccs2)cc1N. The van der Waals surface area contributed by atoms with Gasteiger partial charge in [-0.3, -0.25) is 0 Å². The minimum atomic E-state index is -3.49. The Labute approximate surface area is 114 Å². The number of nitrogens with one attached hydrogen (secondary N) is 1. The van der Waals surface area contributed by atoms with Gasteiger partial charge in [0.15, 0.2) is 0 Å². The van der Waals surface area contributed by atoms with Crippen LogP contribution in [0.15, 0.2) is 49.7 Å². The van der Waals surface area contributed by atoms with Crippen molar-refractivity contribution in [2.75, 3.05) is 12.8 Å². The van der Waals surface area contributed by atoms with Gasteiger partial charge in [-0.2, -0.15) is 0 Å². The number of nitrogen functional groups attached to an aromatic ring is 1. The van der Waals surface area contributed by atoms with Gasteiger partial charge in [-0.1, -0.05) is 17.8 Å². The zero-order chi connectivity index (χ0) is 13.2. The first-order chi connectivity index (χ1) is 8.53. The maximum absolute atomic E-state index is 11.7. The van der Waals surface area contributed by atoms with Crippen molar-refractivity contribution in [3.8, 4) is 0 Å². The van der Waals surface area contributed by atoms with Crippen LogP contribution in [0, 0.1) is 0 Å². The summed E-state index contributed by atoms with van der Waals surface area (Å²) in [7, 11) is -2.13. The summed E-state index contributed by atoms with van der Waals surface area (Å²) in [5.74, 6) is 0. The van der Waals surface area contributed by atoms with Gasteiger partial charge in [0.05, 0.1) is 9.90 Å². The van der Waals surface area contributed by atoms with Crippen molar-refractivity contribution in [1.82, 2.24) is 4.72 Å². The summed E-state index contributed by atoms with van der Waals surface area (Å²) < 4.78 is 26.7. The Morgan fingerprint density at radius 1 is 1.33 bits per heavy atom. The summed E-state index contributed by atoms with van der Waals surface area (Å²) in [6, 6.07) is 8.93. The summed E-state index contributed by atoms with van der Waals surface area (Å²) in [5, 5.41) is 1.99. The fourth-order valence-corrected chi connectivity index (χ4v) is 4.02. The van der Waals surface area contributed by atoms with E-state index < -0.39 is 10.0 Å². The van der Waals surface area contributed by atoms with Crippen LogP contribution in [0.25, 0.3) is 0 Å². The molecule has 0 spiro atoms. The molecule has 1 aromatic carbocycles. The first kappa shape index (κ1) is 13.4. The molecule has 0 unspecified atom stereocenters. The van der Waals surface area contributed by atoms with Crippen LogP contribution in [-0.4, -0.2) is 15.5 Å². The lowest BCUT2D eigenvalue weighted by atomic mass is 10.3. The molecule has 0 atom stereocenters. The van der Waals surface area contributed by atoms with Gasteiger partial charge in [0.2, 0.25) is 10.0 Å². The highest BCUT2D eigenvalue weighted by Crippen LogP contribution is 2.33. The lowest BCUT2D eigenvalue weighted by molar-refractivity contribution is 0.588. The number of thiophene rings is 1. The molecule has 3 N–H and O–H groups in total. The van der Waals surface area contributed by atoms with Crippen molar-refractivity contribution in [1.29, 1.82) is 0 Å². The van der Waals surface area contributed by atoms with E-state index in [0.29, 0.717) is 0 Å². The highest BCUT2D eigenvalue weighted by Gasteiger charge is 2.15. The van der Waals surface area contributed by atoms with Crippen LogP contribution in [0.4, 0.5) is 5.69 Å². The molecule has 0 radical (unpaired) electrons. The highest BCUT2D eigenvalue weighted by atomic mass is 32.2. The zero-order valence-electron chi connectivity index (χ0n) is 9.58. The van der Waals surface area contributed by atoms with Gasteiger partial charge in [-0.05, 0) is 36.7 Å². The topological polar surface area (TPSA) is 72.2 Å². The van der Waals surface area contributed by atoms with Crippen LogP contribution >= 0.6 is 23.1 Å². The van der Waals surface area contributed by atoms with E-state index in [0.717, 1.165) is 9.10 Å². The molecule has 1 heterocycles. The second-order valence-electron chi connectivity index (χ2n) is 3.44. The normalized spacial score (nSPS) is 11.6. The first-order valence-electron chi connectivity index (χ1n) is 5.07. The van der Waals surface area contributed by atoms with Crippen LogP contribution in [0.5, 0.6) is 0 Å². The molecule has 0 saturated carbocycles. The number of sulfonamides is 1. The second-order valence-corrected chi connectivity index (χ2v) is 7.62. The smallest absolute Gasteiger partial charge is 0.242 e. The van der Waals surface area contributed by atoms with Crippen LogP contribution < -0.4 is 10.5 Å². The van der Waals surface area contributed by atoms with E-state index in [9.17, 15) is 8.42 Å². The molecule has 2 aromatic rings. The monoisotopic (exact) mass is 300 g/mol. The highest BCUT2D eigenvalue weighted by molar-refractivity contribution is 8.01. The van der Waals surface area contributed by atoms with Gasteiger partial charge in [0.25, 0.3) is 0 Å². The lowest BCUT2D eigenvalue weighted by Crippen LogP contribution is -2.19.